The number of ether oxygens (including phenoxy) is 1. The summed E-state index contributed by atoms with van der Waals surface area (Å²) in [5.41, 5.74) is 1.56. The zero-order valence-corrected chi connectivity index (χ0v) is 16.8. The van der Waals surface area contributed by atoms with Gasteiger partial charge in [0.15, 0.2) is 0 Å². The van der Waals surface area contributed by atoms with Gasteiger partial charge in [-0.05, 0) is 62.2 Å². The molecular formula is C23H24FN3O3. The Balaban J connectivity index is 1.33. The van der Waals surface area contributed by atoms with Crippen molar-refractivity contribution in [2.75, 3.05) is 19.7 Å². The molecule has 1 aliphatic rings. The SMILES string of the molecule is CCOc1ccc(C(=O)N2CCC(NC(=O)c3cc4c(F)cccc4[nH]3)CC2)cc1. The monoisotopic (exact) mass is 409 g/mol. The minimum atomic E-state index is -0.357. The topological polar surface area (TPSA) is 74.4 Å². The van der Waals surface area contributed by atoms with Gasteiger partial charge in [0.25, 0.3) is 11.8 Å². The molecule has 6 nitrogen and oxygen atoms in total. The standard InChI is InChI=1S/C23H24FN3O3/c1-2-30-17-8-6-15(7-9-17)23(29)27-12-10-16(11-13-27)25-22(28)21-14-18-19(24)4-3-5-20(18)26-21/h3-9,14,16,26H,2,10-13H2,1H3,(H,25,28). The van der Waals surface area contributed by atoms with E-state index in [1.165, 1.54) is 12.1 Å². The zero-order valence-electron chi connectivity index (χ0n) is 16.8. The fraction of sp³-hybridized carbons (Fsp3) is 0.304. The van der Waals surface area contributed by atoms with Gasteiger partial charge >= 0.3 is 0 Å². The van der Waals surface area contributed by atoms with E-state index in [-0.39, 0.29) is 23.7 Å². The third kappa shape index (κ3) is 4.15. The van der Waals surface area contributed by atoms with Crippen molar-refractivity contribution in [2.45, 2.75) is 25.8 Å². The fourth-order valence-corrected chi connectivity index (χ4v) is 3.77. The van der Waals surface area contributed by atoms with E-state index in [0.29, 0.717) is 54.7 Å². The van der Waals surface area contributed by atoms with E-state index < -0.39 is 0 Å². The zero-order chi connectivity index (χ0) is 21.1. The summed E-state index contributed by atoms with van der Waals surface area (Å²) >= 11 is 0. The van der Waals surface area contributed by atoms with Gasteiger partial charge in [-0.25, -0.2) is 4.39 Å². The summed E-state index contributed by atoms with van der Waals surface area (Å²) < 4.78 is 19.3. The molecule has 2 aromatic carbocycles. The average Bonchev–Trinajstić information content (AvgIpc) is 3.21. The molecule has 0 saturated carbocycles. The van der Waals surface area contributed by atoms with E-state index in [0.717, 1.165) is 5.75 Å². The number of carbonyl (C=O) groups is 2. The molecule has 2 amide bonds. The fourth-order valence-electron chi connectivity index (χ4n) is 3.77. The Morgan fingerprint density at radius 2 is 1.90 bits per heavy atom. The molecule has 0 spiro atoms. The average molecular weight is 409 g/mol. The Kier molecular flexibility index (Phi) is 5.70. The van der Waals surface area contributed by atoms with Gasteiger partial charge in [-0.2, -0.15) is 0 Å². The summed E-state index contributed by atoms with van der Waals surface area (Å²) in [7, 11) is 0. The Hall–Kier alpha value is -3.35. The second-order valence-corrected chi connectivity index (χ2v) is 7.38. The highest BCUT2D eigenvalue weighted by molar-refractivity contribution is 5.98. The van der Waals surface area contributed by atoms with Crippen LogP contribution in [-0.4, -0.2) is 47.4 Å². The van der Waals surface area contributed by atoms with Crippen LogP contribution in [0.3, 0.4) is 0 Å². The first-order chi connectivity index (χ1) is 14.5. The highest BCUT2D eigenvalue weighted by Gasteiger charge is 2.25. The molecule has 0 bridgehead atoms. The van der Waals surface area contributed by atoms with Crippen LogP contribution in [0.15, 0.2) is 48.5 Å². The summed E-state index contributed by atoms with van der Waals surface area (Å²) in [4.78, 5) is 30.0. The van der Waals surface area contributed by atoms with Crippen LogP contribution in [0.2, 0.25) is 0 Å². The van der Waals surface area contributed by atoms with E-state index in [1.54, 1.807) is 41.3 Å². The lowest BCUT2D eigenvalue weighted by atomic mass is 10.0. The lowest BCUT2D eigenvalue weighted by Crippen LogP contribution is -2.46. The number of fused-ring (bicyclic) bond motifs is 1. The third-order valence-corrected chi connectivity index (χ3v) is 5.39. The smallest absolute Gasteiger partial charge is 0.267 e. The number of aromatic nitrogens is 1. The van der Waals surface area contributed by atoms with Crippen molar-refractivity contribution >= 4 is 22.7 Å². The molecule has 2 N–H and O–H groups in total. The van der Waals surface area contributed by atoms with E-state index in [4.69, 9.17) is 4.74 Å². The van der Waals surface area contributed by atoms with Crippen LogP contribution in [0.25, 0.3) is 10.9 Å². The molecule has 2 heterocycles. The number of hydrogen-bond donors (Lipinski definition) is 2. The van der Waals surface area contributed by atoms with Gasteiger partial charge in [0.05, 0.1) is 6.61 Å². The molecule has 156 valence electrons. The molecule has 4 rings (SSSR count). The lowest BCUT2D eigenvalue weighted by Gasteiger charge is -2.32. The van der Waals surface area contributed by atoms with Gasteiger partial charge in [0, 0.05) is 35.6 Å². The predicted octanol–water partition coefficient (Wildman–Crippen LogP) is 3.74. The number of nitrogens with zero attached hydrogens (tertiary/aromatic N) is 1. The van der Waals surface area contributed by atoms with Crippen molar-refractivity contribution in [3.05, 3.63) is 65.6 Å². The van der Waals surface area contributed by atoms with Crippen LogP contribution < -0.4 is 10.1 Å². The Labute approximate surface area is 174 Å². The molecule has 1 aliphatic heterocycles. The highest BCUT2D eigenvalue weighted by atomic mass is 19.1. The molecule has 1 saturated heterocycles. The van der Waals surface area contributed by atoms with E-state index in [9.17, 15) is 14.0 Å². The van der Waals surface area contributed by atoms with Gasteiger partial charge in [0.1, 0.15) is 17.3 Å². The molecule has 7 heteroatoms. The number of aromatic amines is 1. The highest BCUT2D eigenvalue weighted by Crippen LogP contribution is 2.20. The number of likely N-dealkylation sites (tertiary alicyclic amines) is 1. The summed E-state index contributed by atoms with van der Waals surface area (Å²) in [6.07, 6.45) is 1.34. The second-order valence-electron chi connectivity index (χ2n) is 7.38. The second kappa shape index (κ2) is 8.57. The van der Waals surface area contributed by atoms with Gasteiger partial charge in [-0.3, -0.25) is 9.59 Å². The first-order valence-corrected chi connectivity index (χ1v) is 10.2. The van der Waals surface area contributed by atoms with Gasteiger partial charge in [-0.15, -0.1) is 0 Å². The van der Waals surface area contributed by atoms with Crippen LogP contribution >= 0.6 is 0 Å². The summed E-state index contributed by atoms with van der Waals surface area (Å²) in [5.74, 6) is 0.104. The number of benzene rings is 2. The first kappa shape index (κ1) is 19.9. The van der Waals surface area contributed by atoms with Crippen molar-refractivity contribution in [3.63, 3.8) is 0 Å². The predicted molar refractivity (Wildman–Crippen MR) is 112 cm³/mol. The Morgan fingerprint density at radius 3 is 2.57 bits per heavy atom. The normalized spacial score (nSPS) is 14.7. The molecule has 0 aliphatic carbocycles. The maximum Gasteiger partial charge on any atom is 0.267 e. The first-order valence-electron chi connectivity index (χ1n) is 10.2. The Bertz CT molecular complexity index is 1050. The molecular weight excluding hydrogens is 385 g/mol. The van der Waals surface area contributed by atoms with Crippen molar-refractivity contribution in [1.29, 1.82) is 0 Å². The molecule has 30 heavy (non-hydrogen) atoms. The third-order valence-electron chi connectivity index (χ3n) is 5.39. The van der Waals surface area contributed by atoms with Gasteiger partial charge in [0.2, 0.25) is 0 Å². The molecule has 1 fully saturated rings. The molecule has 0 atom stereocenters. The van der Waals surface area contributed by atoms with Crippen LogP contribution in [0.5, 0.6) is 5.75 Å². The summed E-state index contributed by atoms with van der Waals surface area (Å²) in [5, 5.41) is 3.39. The number of hydrogen-bond acceptors (Lipinski definition) is 3. The number of nitrogens with one attached hydrogen (secondary N) is 2. The number of piperidine rings is 1. The molecule has 1 aromatic heterocycles. The van der Waals surface area contributed by atoms with Crippen LogP contribution in [0.1, 0.15) is 40.6 Å². The largest absolute Gasteiger partial charge is 0.494 e. The summed E-state index contributed by atoms with van der Waals surface area (Å²) in [6, 6.07) is 13.4. The number of amides is 2. The van der Waals surface area contributed by atoms with E-state index in [2.05, 4.69) is 10.3 Å². The number of carbonyl (C=O) groups excluding carboxylic acids is 2. The van der Waals surface area contributed by atoms with Crippen molar-refractivity contribution in [3.8, 4) is 5.75 Å². The van der Waals surface area contributed by atoms with E-state index in [1.807, 2.05) is 6.92 Å². The van der Waals surface area contributed by atoms with Crippen LogP contribution in [0.4, 0.5) is 4.39 Å². The molecule has 3 aromatic rings. The van der Waals surface area contributed by atoms with Gasteiger partial charge < -0.3 is 19.9 Å². The van der Waals surface area contributed by atoms with Crippen LogP contribution in [0, 0.1) is 5.82 Å². The molecule has 0 unspecified atom stereocenters. The van der Waals surface area contributed by atoms with Crippen molar-refractivity contribution in [2.24, 2.45) is 0 Å². The number of halogens is 1. The van der Waals surface area contributed by atoms with Crippen molar-refractivity contribution in [1.82, 2.24) is 15.2 Å². The quantitative estimate of drug-likeness (QED) is 0.674. The van der Waals surface area contributed by atoms with Crippen LogP contribution in [-0.2, 0) is 0 Å². The number of H-pyrrole nitrogens is 1. The Morgan fingerprint density at radius 1 is 1.17 bits per heavy atom. The molecule has 0 radical (unpaired) electrons. The van der Waals surface area contributed by atoms with E-state index >= 15 is 0 Å². The van der Waals surface area contributed by atoms with Gasteiger partial charge in [-0.1, -0.05) is 6.07 Å². The lowest BCUT2D eigenvalue weighted by molar-refractivity contribution is 0.0697. The summed E-state index contributed by atoms with van der Waals surface area (Å²) in [6.45, 7) is 3.63. The van der Waals surface area contributed by atoms with Crippen molar-refractivity contribution < 1.29 is 18.7 Å². The minimum absolute atomic E-state index is 0.0195. The minimum Gasteiger partial charge on any atom is -0.494 e. The maximum atomic E-state index is 13.8. The number of rotatable bonds is 5. The maximum absolute atomic E-state index is 13.8.